The molecule has 0 spiro atoms. The van der Waals surface area contributed by atoms with Crippen molar-refractivity contribution in [2.75, 3.05) is 65.9 Å². The molecule has 0 aliphatic heterocycles. The average Bonchev–Trinajstić information content (AvgIpc) is 3.01. The van der Waals surface area contributed by atoms with Crippen LogP contribution in [-0.2, 0) is 39.8 Å². The number of ether oxygens (including phenoxy) is 4. The fourth-order valence-electron chi connectivity index (χ4n) is 3.70. The van der Waals surface area contributed by atoms with Crippen LogP contribution in [0.25, 0.3) is 11.4 Å². The summed E-state index contributed by atoms with van der Waals surface area (Å²) in [7, 11) is 0. The molecule has 1 unspecified atom stereocenters. The highest BCUT2D eigenvalue weighted by Crippen LogP contribution is 2.14. The Morgan fingerprint density at radius 1 is 0.818 bits per heavy atom. The number of aliphatic carboxylic acids is 1. The first kappa shape index (κ1) is 36.5. The molecule has 2 amide bonds. The third-order valence-corrected chi connectivity index (χ3v) is 5.94. The molecule has 1 aromatic carbocycles. The number of benzene rings is 1. The fourth-order valence-corrected chi connectivity index (χ4v) is 3.70. The Morgan fingerprint density at radius 3 is 2.00 bits per heavy atom. The molecular formula is C28H42FN7O8. The molecular weight excluding hydrogens is 581 g/mol. The topological polar surface area (TPSA) is 196 Å². The van der Waals surface area contributed by atoms with Gasteiger partial charge in [-0.1, -0.05) is 24.3 Å². The zero-order valence-electron chi connectivity index (χ0n) is 25.0. The number of rotatable bonds is 25. The van der Waals surface area contributed by atoms with E-state index in [-0.39, 0.29) is 51.0 Å². The van der Waals surface area contributed by atoms with Gasteiger partial charge in [-0.15, -0.1) is 24.9 Å². The fraction of sp³-hybridized carbons (Fsp3) is 0.607. The van der Waals surface area contributed by atoms with Crippen molar-refractivity contribution in [3.8, 4) is 11.4 Å². The number of halogens is 1. The van der Waals surface area contributed by atoms with Crippen LogP contribution in [0.15, 0.2) is 24.3 Å². The van der Waals surface area contributed by atoms with E-state index in [1.54, 1.807) is 36.7 Å². The molecule has 1 atom stereocenters. The SMILES string of the molecule is Cc1nnc(-c2ccc(CC(=O)NC(CCCCNF)C(=O)NCCOCCOCCOCCOCCC(=O)O)cc2)nn1. The van der Waals surface area contributed by atoms with Gasteiger partial charge in [-0.25, -0.2) is 0 Å². The summed E-state index contributed by atoms with van der Waals surface area (Å²) in [5.41, 5.74) is 3.04. The van der Waals surface area contributed by atoms with Gasteiger partial charge in [0.25, 0.3) is 0 Å². The quantitative estimate of drug-likeness (QED) is 0.0886. The number of aromatic nitrogens is 4. The lowest BCUT2D eigenvalue weighted by Crippen LogP contribution is -2.48. The molecule has 0 aliphatic carbocycles. The van der Waals surface area contributed by atoms with E-state index in [0.717, 1.165) is 5.56 Å². The summed E-state index contributed by atoms with van der Waals surface area (Å²) < 4.78 is 33.6. The molecule has 0 saturated carbocycles. The van der Waals surface area contributed by atoms with Gasteiger partial charge in [0.2, 0.25) is 17.6 Å². The van der Waals surface area contributed by atoms with Crippen molar-refractivity contribution in [1.82, 2.24) is 36.6 Å². The molecule has 1 heterocycles. The summed E-state index contributed by atoms with van der Waals surface area (Å²) in [6, 6.07) is 6.32. The summed E-state index contributed by atoms with van der Waals surface area (Å²) >= 11 is 0. The van der Waals surface area contributed by atoms with E-state index in [1.165, 1.54) is 0 Å². The van der Waals surface area contributed by atoms with E-state index in [1.807, 2.05) is 0 Å². The Labute approximate surface area is 255 Å². The first-order valence-electron chi connectivity index (χ1n) is 14.5. The van der Waals surface area contributed by atoms with Gasteiger partial charge in [0.05, 0.1) is 65.7 Å². The van der Waals surface area contributed by atoms with E-state index >= 15 is 0 Å². The lowest BCUT2D eigenvalue weighted by atomic mass is 10.1. The van der Waals surface area contributed by atoms with Crippen LogP contribution >= 0.6 is 0 Å². The second kappa shape index (κ2) is 22.8. The second-order valence-electron chi connectivity index (χ2n) is 9.53. The third-order valence-electron chi connectivity index (χ3n) is 5.94. The molecule has 0 bridgehead atoms. The number of carbonyl (C=O) groups excluding carboxylic acids is 2. The Hall–Kier alpha value is -3.70. The highest BCUT2D eigenvalue weighted by atomic mass is 19.2. The normalized spacial score (nSPS) is 11.7. The zero-order chi connectivity index (χ0) is 31.8. The van der Waals surface area contributed by atoms with Crippen molar-refractivity contribution in [1.29, 1.82) is 0 Å². The molecule has 4 N–H and O–H groups in total. The molecule has 0 radical (unpaired) electrons. The number of hydrogen-bond acceptors (Lipinski definition) is 12. The lowest BCUT2D eigenvalue weighted by Gasteiger charge is -2.19. The van der Waals surface area contributed by atoms with Gasteiger partial charge in [-0.05, 0) is 31.7 Å². The minimum atomic E-state index is -0.904. The van der Waals surface area contributed by atoms with Crippen molar-refractivity contribution >= 4 is 17.8 Å². The molecule has 2 rings (SSSR count). The average molecular weight is 624 g/mol. The highest BCUT2D eigenvalue weighted by Gasteiger charge is 2.20. The Balaban J connectivity index is 1.63. The number of carbonyl (C=O) groups is 3. The van der Waals surface area contributed by atoms with Crippen molar-refractivity contribution in [2.24, 2.45) is 0 Å². The van der Waals surface area contributed by atoms with Crippen molar-refractivity contribution < 1.29 is 42.9 Å². The molecule has 15 nitrogen and oxygen atoms in total. The van der Waals surface area contributed by atoms with E-state index in [0.29, 0.717) is 76.1 Å². The molecule has 0 saturated heterocycles. The summed E-state index contributed by atoms with van der Waals surface area (Å²) in [6.45, 7) is 4.59. The molecule has 244 valence electrons. The smallest absolute Gasteiger partial charge is 0.305 e. The molecule has 16 heteroatoms. The number of nitrogens with zero attached hydrogens (tertiary/aromatic N) is 4. The van der Waals surface area contributed by atoms with Crippen molar-refractivity contribution in [3.05, 3.63) is 35.7 Å². The molecule has 0 aliphatic rings. The van der Waals surface area contributed by atoms with Crippen LogP contribution in [0.1, 0.15) is 37.1 Å². The maximum atomic E-state index is 12.8. The largest absolute Gasteiger partial charge is 0.481 e. The Bertz CT molecular complexity index is 1100. The highest BCUT2D eigenvalue weighted by molar-refractivity contribution is 5.88. The molecule has 1 aromatic heterocycles. The number of amides is 2. The summed E-state index contributed by atoms with van der Waals surface area (Å²) in [5, 5.41) is 29.9. The number of hydrogen-bond donors (Lipinski definition) is 4. The van der Waals surface area contributed by atoms with Gasteiger partial charge in [-0.3, -0.25) is 14.4 Å². The van der Waals surface area contributed by atoms with Gasteiger partial charge in [-0.2, -0.15) is 5.54 Å². The maximum Gasteiger partial charge on any atom is 0.305 e. The van der Waals surface area contributed by atoms with Crippen molar-refractivity contribution in [2.45, 2.75) is 45.1 Å². The van der Waals surface area contributed by atoms with Crippen LogP contribution in [0.5, 0.6) is 0 Å². The summed E-state index contributed by atoms with van der Waals surface area (Å²) in [5.74, 6) is -0.724. The van der Waals surface area contributed by atoms with Crippen LogP contribution in [0.4, 0.5) is 4.48 Å². The minimum Gasteiger partial charge on any atom is -0.481 e. The zero-order valence-corrected chi connectivity index (χ0v) is 25.0. The van der Waals surface area contributed by atoms with Gasteiger partial charge in [0.1, 0.15) is 6.04 Å². The Kier molecular flexibility index (Phi) is 18.9. The van der Waals surface area contributed by atoms with Gasteiger partial charge < -0.3 is 34.7 Å². The number of unbranched alkanes of at least 4 members (excludes halogenated alkanes) is 1. The monoisotopic (exact) mass is 623 g/mol. The van der Waals surface area contributed by atoms with Crippen LogP contribution in [0.3, 0.4) is 0 Å². The lowest BCUT2D eigenvalue weighted by molar-refractivity contribution is -0.138. The van der Waals surface area contributed by atoms with E-state index in [9.17, 15) is 18.9 Å². The number of nitrogens with one attached hydrogen (secondary N) is 3. The first-order chi connectivity index (χ1) is 21.4. The van der Waals surface area contributed by atoms with Crippen LogP contribution in [0.2, 0.25) is 0 Å². The summed E-state index contributed by atoms with van der Waals surface area (Å²) in [6.07, 6.45) is 1.43. The first-order valence-corrected chi connectivity index (χ1v) is 14.5. The minimum absolute atomic E-state index is 0.0386. The van der Waals surface area contributed by atoms with Gasteiger partial charge >= 0.3 is 5.97 Å². The van der Waals surface area contributed by atoms with Crippen LogP contribution in [0, 0.1) is 6.92 Å². The van der Waals surface area contributed by atoms with E-state index < -0.39 is 12.0 Å². The summed E-state index contributed by atoms with van der Waals surface area (Å²) in [4.78, 5) is 35.9. The molecule has 2 aromatic rings. The second-order valence-corrected chi connectivity index (χ2v) is 9.53. The van der Waals surface area contributed by atoms with Gasteiger partial charge in [0.15, 0.2) is 5.82 Å². The molecule has 44 heavy (non-hydrogen) atoms. The standard InChI is InChI=1S/C28H42FN7O8/c1-21-33-35-27(36-34-21)23-7-5-22(6-8-23)20-25(37)32-24(4-2-3-10-31-29)28(40)30-11-13-42-15-17-44-19-18-43-16-14-41-12-9-26(38)39/h5-8,24,31H,2-4,9-20H2,1H3,(H,30,40)(H,32,37)(H,38,39). The molecule has 0 fully saturated rings. The van der Waals surface area contributed by atoms with E-state index in [4.69, 9.17) is 24.1 Å². The predicted octanol–water partition coefficient (Wildman–Crippen LogP) is 0.571. The number of carboxylic acid groups (broad SMARTS) is 1. The predicted molar refractivity (Wildman–Crippen MR) is 155 cm³/mol. The number of aryl methyl sites for hydroxylation is 1. The van der Waals surface area contributed by atoms with E-state index in [2.05, 4.69) is 31.0 Å². The number of carboxylic acids is 1. The van der Waals surface area contributed by atoms with Crippen molar-refractivity contribution in [3.63, 3.8) is 0 Å². The third kappa shape index (κ3) is 16.8. The van der Waals surface area contributed by atoms with Crippen LogP contribution < -0.4 is 16.2 Å². The Morgan fingerprint density at radius 2 is 1.41 bits per heavy atom. The van der Waals surface area contributed by atoms with Crippen LogP contribution in [-0.4, -0.2) is 115 Å². The van der Waals surface area contributed by atoms with Gasteiger partial charge in [0, 0.05) is 18.7 Å². The maximum absolute atomic E-state index is 12.8.